The number of rotatable bonds is 8. The number of amides is 1. The zero-order chi connectivity index (χ0) is 16.8. The van der Waals surface area contributed by atoms with Gasteiger partial charge in [0.15, 0.2) is 0 Å². The number of carbonyl (C=O) groups excluding carboxylic acids is 1. The second kappa shape index (κ2) is 8.29. The van der Waals surface area contributed by atoms with Gasteiger partial charge in [0.05, 0.1) is 4.90 Å². The van der Waals surface area contributed by atoms with Crippen LogP contribution >= 0.6 is 0 Å². The highest BCUT2D eigenvalue weighted by atomic mass is 32.2. The average molecular weight is 326 g/mol. The minimum absolute atomic E-state index is 0.168. The van der Waals surface area contributed by atoms with Crippen LogP contribution in [0.5, 0.6) is 0 Å². The number of sulfonamides is 1. The van der Waals surface area contributed by atoms with Crippen LogP contribution in [0.3, 0.4) is 0 Å². The molecular formula is C16H26N2O3S. The predicted octanol–water partition coefficient (Wildman–Crippen LogP) is 2.49. The molecule has 0 saturated carbocycles. The maximum atomic E-state index is 12.0. The molecule has 0 spiro atoms. The van der Waals surface area contributed by atoms with Crippen LogP contribution in [-0.4, -0.2) is 39.3 Å². The molecule has 0 heterocycles. The molecule has 0 aliphatic heterocycles. The molecule has 1 amide bonds. The first-order chi connectivity index (χ1) is 10.2. The molecule has 5 nitrogen and oxygen atoms in total. The van der Waals surface area contributed by atoms with Crippen LogP contribution in [0.25, 0.3) is 0 Å². The molecule has 0 aromatic heterocycles. The van der Waals surface area contributed by atoms with Crippen molar-refractivity contribution in [1.82, 2.24) is 9.62 Å². The number of benzene rings is 1. The lowest BCUT2D eigenvalue weighted by atomic mass is 10.1. The van der Waals surface area contributed by atoms with Crippen molar-refractivity contribution in [3.63, 3.8) is 0 Å². The number of nitrogens with one attached hydrogen (secondary N) is 1. The molecular weight excluding hydrogens is 300 g/mol. The Kier molecular flexibility index (Phi) is 7.03. The molecule has 6 heteroatoms. The summed E-state index contributed by atoms with van der Waals surface area (Å²) in [6.45, 7) is 5.01. The maximum absolute atomic E-state index is 12.0. The molecule has 0 aliphatic rings. The van der Waals surface area contributed by atoms with Crippen molar-refractivity contribution in [2.45, 2.75) is 38.0 Å². The minimum atomic E-state index is -3.45. The smallest absolute Gasteiger partial charge is 0.251 e. The zero-order valence-corrected chi connectivity index (χ0v) is 14.6. The summed E-state index contributed by atoms with van der Waals surface area (Å²) in [4.78, 5) is 12.2. The summed E-state index contributed by atoms with van der Waals surface area (Å²) >= 11 is 0. The fourth-order valence-corrected chi connectivity index (χ4v) is 2.87. The second-order valence-corrected chi connectivity index (χ2v) is 8.11. The Labute approximate surface area is 133 Å². The van der Waals surface area contributed by atoms with E-state index in [1.54, 1.807) is 12.1 Å². The molecule has 0 radical (unpaired) electrons. The van der Waals surface area contributed by atoms with Crippen molar-refractivity contribution in [1.29, 1.82) is 0 Å². The summed E-state index contributed by atoms with van der Waals surface area (Å²) in [6.07, 6.45) is 3.21. The minimum Gasteiger partial charge on any atom is -0.352 e. The molecule has 1 aromatic carbocycles. The molecule has 0 fully saturated rings. The third-order valence-electron chi connectivity index (χ3n) is 3.39. The maximum Gasteiger partial charge on any atom is 0.251 e. The van der Waals surface area contributed by atoms with Gasteiger partial charge in [0.25, 0.3) is 5.91 Å². The highest BCUT2D eigenvalue weighted by Gasteiger charge is 2.17. The molecule has 0 atom stereocenters. The molecule has 1 aromatic rings. The molecule has 124 valence electrons. The van der Waals surface area contributed by atoms with E-state index in [1.807, 2.05) is 0 Å². The first-order valence-corrected chi connectivity index (χ1v) is 9.00. The van der Waals surface area contributed by atoms with Crippen LogP contribution in [0.4, 0.5) is 0 Å². The lowest BCUT2D eigenvalue weighted by Crippen LogP contribution is -2.25. The van der Waals surface area contributed by atoms with Crippen LogP contribution in [0.2, 0.25) is 0 Å². The summed E-state index contributed by atoms with van der Waals surface area (Å²) in [5.74, 6) is 0.514. The number of unbranched alkanes of at least 4 members (excludes halogenated alkanes) is 1. The van der Waals surface area contributed by atoms with Crippen LogP contribution in [0.1, 0.15) is 43.5 Å². The monoisotopic (exact) mass is 326 g/mol. The van der Waals surface area contributed by atoms with E-state index in [2.05, 4.69) is 19.2 Å². The number of nitrogens with zero attached hydrogens (tertiary/aromatic N) is 1. The SMILES string of the molecule is CC(C)CCCCNC(=O)c1ccc(S(=O)(=O)N(C)C)cc1. The largest absolute Gasteiger partial charge is 0.352 e. The van der Waals surface area contributed by atoms with Gasteiger partial charge < -0.3 is 5.32 Å². The van der Waals surface area contributed by atoms with E-state index in [1.165, 1.54) is 26.2 Å². The Hall–Kier alpha value is -1.40. The number of hydrogen-bond donors (Lipinski definition) is 1. The average Bonchev–Trinajstić information content (AvgIpc) is 2.46. The lowest BCUT2D eigenvalue weighted by molar-refractivity contribution is 0.0953. The van der Waals surface area contributed by atoms with Crippen molar-refractivity contribution >= 4 is 15.9 Å². The van der Waals surface area contributed by atoms with E-state index in [0.717, 1.165) is 23.6 Å². The van der Waals surface area contributed by atoms with E-state index < -0.39 is 10.0 Å². The summed E-state index contributed by atoms with van der Waals surface area (Å²) < 4.78 is 25.0. The Bertz CT molecular complexity index is 578. The summed E-state index contributed by atoms with van der Waals surface area (Å²) in [6, 6.07) is 6.01. The van der Waals surface area contributed by atoms with Gasteiger partial charge in [0.1, 0.15) is 0 Å². The number of carbonyl (C=O) groups is 1. The summed E-state index contributed by atoms with van der Waals surface area (Å²) in [5, 5.41) is 2.85. The third kappa shape index (κ3) is 5.42. The van der Waals surface area contributed by atoms with Gasteiger partial charge in [-0.15, -0.1) is 0 Å². The predicted molar refractivity (Wildman–Crippen MR) is 88.3 cm³/mol. The topological polar surface area (TPSA) is 66.5 Å². The Morgan fingerprint density at radius 1 is 1.14 bits per heavy atom. The van der Waals surface area contributed by atoms with Gasteiger partial charge in [-0.1, -0.05) is 26.7 Å². The van der Waals surface area contributed by atoms with E-state index in [-0.39, 0.29) is 10.8 Å². The third-order valence-corrected chi connectivity index (χ3v) is 5.22. The highest BCUT2D eigenvalue weighted by Crippen LogP contribution is 2.14. The molecule has 0 unspecified atom stereocenters. The van der Waals surface area contributed by atoms with E-state index in [9.17, 15) is 13.2 Å². The van der Waals surface area contributed by atoms with Gasteiger partial charge in [-0.2, -0.15) is 0 Å². The summed E-state index contributed by atoms with van der Waals surface area (Å²) in [7, 11) is -0.492. The van der Waals surface area contributed by atoms with Gasteiger partial charge in [0.2, 0.25) is 10.0 Å². The van der Waals surface area contributed by atoms with Crippen LogP contribution in [0.15, 0.2) is 29.2 Å². The second-order valence-electron chi connectivity index (χ2n) is 5.96. The Morgan fingerprint density at radius 3 is 2.23 bits per heavy atom. The van der Waals surface area contributed by atoms with Crippen LogP contribution < -0.4 is 5.32 Å². The van der Waals surface area contributed by atoms with Gasteiger partial charge >= 0.3 is 0 Å². The van der Waals surface area contributed by atoms with Gasteiger partial charge in [-0.05, 0) is 36.6 Å². The van der Waals surface area contributed by atoms with Crippen molar-refractivity contribution in [3.05, 3.63) is 29.8 Å². The molecule has 0 saturated heterocycles. The van der Waals surface area contributed by atoms with Crippen molar-refractivity contribution in [2.75, 3.05) is 20.6 Å². The van der Waals surface area contributed by atoms with Gasteiger partial charge in [-0.3, -0.25) is 4.79 Å². The lowest BCUT2D eigenvalue weighted by Gasteiger charge is -2.11. The highest BCUT2D eigenvalue weighted by molar-refractivity contribution is 7.89. The number of hydrogen-bond acceptors (Lipinski definition) is 3. The quantitative estimate of drug-likeness (QED) is 0.746. The van der Waals surface area contributed by atoms with Crippen molar-refractivity contribution in [3.8, 4) is 0 Å². The molecule has 0 aliphatic carbocycles. The summed E-state index contributed by atoms with van der Waals surface area (Å²) in [5.41, 5.74) is 0.474. The normalized spacial score (nSPS) is 11.9. The van der Waals surface area contributed by atoms with Gasteiger partial charge in [0, 0.05) is 26.2 Å². The van der Waals surface area contributed by atoms with E-state index >= 15 is 0 Å². The van der Waals surface area contributed by atoms with Crippen molar-refractivity contribution < 1.29 is 13.2 Å². The van der Waals surface area contributed by atoms with Crippen LogP contribution in [-0.2, 0) is 10.0 Å². The molecule has 1 N–H and O–H groups in total. The first kappa shape index (κ1) is 18.6. The Morgan fingerprint density at radius 2 is 1.73 bits per heavy atom. The Balaban J connectivity index is 2.55. The first-order valence-electron chi connectivity index (χ1n) is 7.56. The standard InChI is InChI=1S/C16H26N2O3S/c1-13(2)7-5-6-12-17-16(19)14-8-10-15(11-9-14)22(20,21)18(3)4/h8-11,13H,5-7,12H2,1-4H3,(H,17,19). The zero-order valence-electron chi connectivity index (χ0n) is 13.8. The van der Waals surface area contributed by atoms with E-state index in [0.29, 0.717) is 18.0 Å². The molecule has 1 rings (SSSR count). The van der Waals surface area contributed by atoms with E-state index in [4.69, 9.17) is 0 Å². The molecule has 22 heavy (non-hydrogen) atoms. The fraction of sp³-hybridized carbons (Fsp3) is 0.562. The van der Waals surface area contributed by atoms with Gasteiger partial charge in [-0.25, -0.2) is 12.7 Å². The molecule has 0 bridgehead atoms. The fourth-order valence-electron chi connectivity index (χ4n) is 1.97. The van der Waals surface area contributed by atoms with Crippen LogP contribution in [0, 0.1) is 5.92 Å². The van der Waals surface area contributed by atoms with Crippen molar-refractivity contribution in [2.24, 2.45) is 5.92 Å².